The molecular weight excluding hydrogens is 380 g/mol. The van der Waals surface area contributed by atoms with E-state index < -0.39 is 0 Å². The molecule has 7 nitrogen and oxygen atoms in total. The number of aromatic amines is 1. The van der Waals surface area contributed by atoms with Crippen molar-refractivity contribution in [2.45, 2.75) is 32.9 Å². The largest absolute Gasteiger partial charge is 0.507 e. The van der Waals surface area contributed by atoms with Gasteiger partial charge in [0.1, 0.15) is 5.75 Å². The maximum atomic E-state index is 13.3. The molecule has 0 saturated carbocycles. The van der Waals surface area contributed by atoms with Crippen molar-refractivity contribution >= 4 is 22.5 Å². The van der Waals surface area contributed by atoms with Gasteiger partial charge in [0.2, 0.25) is 0 Å². The predicted octanol–water partition coefficient (Wildman–Crippen LogP) is 3.38. The van der Waals surface area contributed by atoms with Crippen LogP contribution >= 0.6 is 0 Å². The first-order valence-corrected chi connectivity index (χ1v) is 10.5. The lowest BCUT2D eigenvalue weighted by Crippen LogP contribution is -2.36. The number of anilines is 1. The highest BCUT2D eigenvalue weighted by atomic mass is 16.5. The monoisotopic (exact) mass is 406 g/mol. The molecule has 7 heteroatoms. The first-order valence-electron chi connectivity index (χ1n) is 10.5. The van der Waals surface area contributed by atoms with Gasteiger partial charge in [-0.1, -0.05) is 19.9 Å². The smallest absolute Gasteiger partial charge is 0.258 e. The van der Waals surface area contributed by atoms with Crippen molar-refractivity contribution in [3.8, 4) is 5.75 Å². The zero-order valence-corrected chi connectivity index (χ0v) is 17.3. The number of amides is 1. The molecule has 1 aromatic heterocycles. The summed E-state index contributed by atoms with van der Waals surface area (Å²) >= 11 is 0. The first-order chi connectivity index (χ1) is 14.5. The van der Waals surface area contributed by atoms with Gasteiger partial charge >= 0.3 is 0 Å². The Morgan fingerprint density at radius 3 is 2.67 bits per heavy atom. The second-order valence-corrected chi connectivity index (χ2v) is 8.39. The number of ether oxygens (including phenoxy) is 1. The highest BCUT2D eigenvalue weighted by Crippen LogP contribution is 2.33. The van der Waals surface area contributed by atoms with Gasteiger partial charge in [0.25, 0.3) is 5.91 Å². The normalized spacial score (nSPS) is 16.5. The zero-order valence-electron chi connectivity index (χ0n) is 17.3. The van der Waals surface area contributed by atoms with E-state index in [-0.39, 0.29) is 17.6 Å². The first kappa shape index (κ1) is 18.9. The van der Waals surface area contributed by atoms with Crippen molar-refractivity contribution in [3.63, 3.8) is 0 Å². The maximum absolute atomic E-state index is 13.3. The van der Waals surface area contributed by atoms with Gasteiger partial charge in [0.05, 0.1) is 30.0 Å². The molecule has 0 bridgehead atoms. The molecule has 0 radical (unpaired) electrons. The van der Waals surface area contributed by atoms with Gasteiger partial charge < -0.3 is 19.6 Å². The van der Waals surface area contributed by atoms with E-state index in [0.29, 0.717) is 18.7 Å². The summed E-state index contributed by atoms with van der Waals surface area (Å²) in [5.74, 6) is 0.0479. The summed E-state index contributed by atoms with van der Waals surface area (Å²) in [4.78, 5) is 17.4. The van der Waals surface area contributed by atoms with Crippen LogP contribution in [0.15, 0.2) is 30.3 Å². The van der Waals surface area contributed by atoms with E-state index in [2.05, 4.69) is 47.1 Å². The number of carbonyl (C=O) groups excluding carboxylic acids is 1. The molecule has 5 rings (SSSR count). The van der Waals surface area contributed by atoms with Crippen molar-refractivity contribution in [3.05, 3.63) is 52.7 Å². The average molecular weight is 406 g/mol. The van der Waals surface area contributed by atoms with Crippen molar-refractivity contribution in [2.24, 2.45) is 0 Å². The topological polar surface area (TPSA) is 81.7 Å². The van der Waals surface area contributed by atoms with Crippen LogP contribution in [0.4, 0.5) is 5.69 Å². The molecule has 1 fully saturated rings. The minimum absolute atomic E-state index is 0.0172. The Hall–Kier alpha value is -3.06. The summed E-state index contributed by atoms with van der Waals surface area (Å²) in [6, 6.07) is 9.80. The molecule has 156 valence electrons. The molecule has 0 unspecified atom stereocenters. The molecule has 1 amide bonds. The van der Waals surface area contributed by atoms with Gasteiger partial charge in [-0.2, -0.15) is 5.10 Å². The number of fused-ring (bicyclic) bond motifs is 2. The Bertz CT molecular complexity index is 1120. The van der Waals surface area contributed by atoms with E-state index in [9.17, 15) is 9.90 Å². The van der Waals surface area contributed by atoms with Gasteiger partial charge in [-0.05, 0) is 35.2 Å². The second-order valence-electron chi connectivity index (χ2n) is 8.39. The molecule has 0 spiro atoms. The highest BCUT2D eigenvalue weighted by molar-refractivity contribution is 6.01. The summed E-state index contributed by atoms with van der Waals surface area (Å²) in [5, 5.41) is 18.7. The maximum Gasteiger partial charge on any atom is 0.258 e. The fourth-order valence-electron chi connectivity index (χ4n) is 4.40. The van der Waals surface area contributed by atoms with E-state index >= 15 is 0 Å². The van der Waals surface area contributed by atoms with Crippen LogP contribution in [-0.2, 0) is 17.8 Å². The molecule has 2 aliphatic rings. The van der Waals surface area contributed by atoms with E-state index in [4.69, 9.17) is 4.74 Å². The SMILES string of the molecule is CC(C)c1n[nH]c2cc(O)c(C(=O)N3Cc4ccc(N5CCOCC5)cc4C3)cc12. The number of phenols is 1. The third kappa shape index (κ3) is 3.19. The summed E-state index contributed by atoms with van der Waals surface area (Å²) in [6.07, 6.45) is 0. The number of rotatable bonds is 3. The highest BCUT2D eigenvalue weighted by Gasteiger charge is 2.28. The molecular formula is C23H26N4O3. The Morgan fingerprint density at radius 2 is 1.90 bits per heavy atom. The van der Waals surface area contributed by atoms with E-state index in [1.807, 2.05) is 0 Å². The molecule has 1 saturated heterocycles. The standard InChI is InChI=1S/C23H26N4O3/c1-14(2)22-18-10-19(21(28)11-20(18)24-25-22)23(29)27-12-15-3-4-17(9-16(15)13-27)26-5-7-30-8-6-26/h3-4,9-11,14,28H,5-8,12-13H2,1-2H3,(H,24,25). The summed E-state index contributed by atoms with van der Waals surface area (Å²) < 4.78 is 5.45. The van der Waals surface area contributed by atoms with Crippen LogP contribution in [0.5, 0.6) is 5.75 Å². The van der Waals surface area contributed by atoms with E-state index in [0.717, 1.165) is 48.5 Å². The van der Waals surface area contributed by atoms with Crippen LogP contribution in [0.2, 0.25) is 0 Å². The average Bonchev–Trinajstić information content (AvgIpc) is 3.36. The van der Waals surface area contributed by atoms with Crippen LogP contribution in [0, 0.1) is 0 Å². The lowest BCUT2D eigenvalue weighted by Gasteiger charge is -2.29. The molecule has 2 aromatic carbocycles. The Morgan fingerprint density at radius 1 is 1.13 bits per heavy atom. The van der Waals surface area contributed by atoms with Gasteiger partial charge in [-0.15, -0.1) is 0 Å². The lowest BCUT2D eigenvalue weighted by atomic mass is 10.0. The van der Waals surface area contributed by atoms with Crippen LogP contribution in [0.25, 0.3) is 10.9 Å². The van der Waals surface area contributed by atoms with Crippen LogP contribution in [0.3, 0.4) is 0 Å². The van der Waals surface area contributed by atoms with Crippen molar-refractivity contribution < 1.29 is 14.6 Å². The number of hydrogen-bond acceptors (Lipinski definition) is 5. The second kappa shape index (κ2) is 7.32. The van der Waals surface area contributed by atoms with Gasteiger partial charge in [0.15, 0.2) is 0 Å². The number of nitrogens with one attached hydrogen (secondary N) is 1. The van der Waals surface area contributed by atoms with E-state index in [1.54, 1.807) is 17.0 Å². The third-order valence-electron chi connectivity index (χ3n) is 6.06. The molecule has 2 aliphatic heterocycles. The van der Waals surface area contributed by atoms with Gasteiger partial charge in [-0.25, -0.2) is 0 Å². The van der Waals surface area contributed by atoms with Crippen molar-refractivity contribution in [1.82, 2.24) is 15.1 Å². The van der Waals surface area contributed by atoms with Gasteiger partial charge in [-0.3, -0.25) is 9.89 Å². The van der Waals surface area contributed by atoms with Crippen molar-refractivity contribution in [2.75, 3.05) is 31.2 Å². The molecule has 3 heterocycles. The number of nitrogens with zero attached hydrogens (tertiary/aromatic N) is 3. The number of morpholine rings is 1. The fourth-order valence-corrected chi connectivity index (χ4v) is 4.40. The van der Waals surface area contributed by atoms with Crippen LogP contribution in [0.1, 0.15) is 46.9 Å². The van der Waals surface area contributed by atoms with Crippen LogP contribution in [-0.4, -0.2) is 52.4 Å². The number of hydrogen-bond donors (Lipinski definition) is 2. The minimum Gasteiger partial charge on any atom is -0.507 e. The lowest BCUT2D eigenvalue weighted by molar-refractivity contribution is 0.0748. The Kier molecular flexibility index (Phi) is 4.62. The quantitative estimate of drug-likeness (QED) is 0.697. The summed E-state index contributed by atoms with van der Waals surface area (Å²) in [5.41, 5.74) is 5.47. The molecule has 30 heavy (non-hydrogen) atoms. The Balaban J connectivity index is 1.41. The number of benzene rings is 2. The van der Waals surface area contributed by atoms with Crippen molar-refractivity contribution in [1.29, 1.82) is 0 Å². The zero-order chi connectivity index (χ0) is 20.8. The minimum atomic E-state index is -0.158. The molecule has 0 atom stereocenters. The number of phenolic OH excluding ortho intramolecular Hbond substituents is 1. The summed E-state index contributed by atoms with van der Waals surface area (Å²) in [6.45, 7) is 8.49. The number of carbonyl (C=O) groups is 1. The van der Waals surface area contributed by atoms with Crippen LogP contribution < -0.4 is 4.90 Å². The summed E-state index contributed by atoms with van der Waals surface area (Å²) in [7, 11) is 0. The number of aromatic hydroxyl groups is 1. The number of aromatic nitrogens is 2. The third-order valence-corrected chi connectivity index (χ3v) is 6.06. The molecule has 0 aliphatic carbocycles. The fraction of sp³-hybridized carbons (Fsp3) is 0.391. The van der Waals surface area contributed by atoms with E-state index in [1.165, 1.54) is 11.3 Å². The number of H-pyrrole nitrogens is 1. The van der Waals surface area contributed by atoms with Gasteiger partial charge in [0, 0.05) is 43.3 Å². The predicted molar refractivity (Wildman–Crippen MR) is 115 cm³/mol. The molecule has 3 aromatic rings. The molecule has 2 N–H and O–H groups in total. The Labute approximate surface area is 175 Å².